The molecule has 0 amide bonds. The molecule has 35 heavy (non-hydrogen) atoms. The zero-order chi connectivity index (χ0) is 25.2. The van der Waals surface area contributed by atoms with Crippen molar-refractivity contribution in [1.29, 1.82) is 0 Å². The largest absolute Gasteiger partial charge is 0.437 e. The molecule has 1 aliphatic rings. The summed E-state index contributed by atoms with van der Waals surface area (Å²) in [6.07, 6.45) is -1.73. The number of aliphatic hydroxyl groups is 1. The van der Waals surface area contributed by atoms with Crippen LogP contribution < -0.4 is 15.0 Å². The molecular weight excluding hydrogens is 477 g/mol. The summed E-state index contributed by atoms with van der Waals surface area (Å²) in [5.41, 5.74) is 0.328. The molecule has 1 aliphatic heterocycles. The van der Waals surface area contributed by atoms with Gasteiger partial charge < -0.3 is 20.1 Å². The standard InChI is InChI=1S/C25H29F3N4O2S/c1-24(2,3)17-7-4-5-9-19(17)34-21-18(8-6-12-29-21)30-23-31-20(25(26,27)28)22(35-23)32-13-10-16(15-33)11-14-32/h4-9,12,16,33H,10-11,13-15H2,1-3H3,(H,30,31). The van der Waals surface area contributed by atoms with Gasteiger partial charge in [-0.2, -0.15) is 13.2 Å². The van der Waals surface area contributed by atoms with Gasteiger partial charge in [0.1, 0.15) is 16.4 Å². The zero-order valence-corrected chi connectivity index (χ0v) is 20.7. The summed E-state index contributed by atoms with van der Waals surface area (Å²) in [6, 6.07) is 11.0. The monoisotopic (exact) mass is 506 g/mol. The van der Waals surface area contributed by atoms with E-state index < -0.39 is 11.9 Å². The van der Waals surface area contributed by atoms with Crippen molar-refractivity contribution in [3.8, 4) is 11.6 Å². The van der Waals surface area contributed by atoms with E-state index in [4.69, 9.17) is 4.74 Å². The molecule has 0 radical (unpaired) electrons. The molecule has 2 aromatic heterocycles. The van der Waals surface area contributed by atoms with Gasteiger partial charge in [0.25, 0.3) is 0 Å². The Morgan fingerprint density at radius 2 is 1.83 bits per heavy atom. The van der Waals surface area contributed by atoms with E-state index in [-0.39, 0.29) is 34.0 Å². The number of para-hydroxylation sites is 1. The molecule has 2 N–H and O–H groups in total. The Labute approximate surface area is 206 Å². The molecule has 0 unspecified atom stereocenters. The third kappa shape index (κ3) is 5.87. The number of nitrogens with one attached hydrogen (secondary N) is 1. The summed E-state index contributed by atoms with van der Waals surface area (Å²) >= 11 is 0.957. The predicted molar refractivity (Wildman–Crippen MR) is 132 cm³/mol. The van der Waals surface area contributed by atoms with Crippen molar-refractivity contribution in [2.75, 3.05) is 29.9 Å². The second kappa shape index (κ2) is 10.0. The van der Waals surface area contributed by atoms with E-state index in [2.05, 4.69) is 36.1 Å². The van der Waals surface area contributed by atoms with Crippen molar-refractivity contribution in [2.45, 2.75) is 45.2 Å². The molecule has 10 heteroatoms. The molecule has 188 valence electrons. The van der Waals surface area contributed by atoms with E-state index in [0.29, 0.717) is 37.4 Å². The highest BCUT2D eigenvalue weighted by atomic mass is 32.1. The van der Waals surface area contributed by atoms with Crippen LogP contribution >= 0.6 is 11.3 Å². The SMILES string of the molecule is CC(C)(C)c1ccccc1Oc1ncccc1Nc1nc(C(F)(F)F)c(N2CCC(CO)CC2)s1. The van der Waals surface area contributed by atoms with Gasteiger partial charge in [-0.15, -0.1) is 0 Å². The molecule has 0 aliphatic carbocycles. The van der Waals surface area contributed by atoms with Gasteiger partial charge in [0.15, 0.2) is 10.8 Å². The first-order valence-corrected chi connectivity index (χ1v) is 12.3. The number of aromatic nitrogens is 2. The quantitative estimate of drug-likeness (QED) is 0.393. The number of hydrogen-bond acceptors (Lipinski definition) is 7. The second-order valence-electron chi connectivity index (χ2n) is 9.61. The van der Waals surface area contributed by atoms with E-state index in [0.717, 1.165) is 16.9 Å². The summed E-state index contributed by atoms with van der Waals surface area (Å²) in [7, 11) is 0. The van der Waals surface area contributed by atoms with Gasteiger partial charge in [-0.1, -0.05) is 50.3 Å². The van der Waals surface area contributed by atoms with E-state index in [1.54, 1.807) is 23.2 Å². The molecule has 3 heterocycles. The van der Waals surface area contributed by atoms with E-state index in [1.165, 1.54) is 0 Å². The molecule has 0 atom stereocenters. The van der Waals surface area contributed by atoms with Crippen molar-refractivity contribution in [1.82, 2.24) is 9.97 Å². The van der Waals surface area contributed by atoms with Crippen LogP contribution in [-0.2, 0) is 11.6 Å². The highest BCUT2D eigenvalue weighted by Gasteiger charge is 2.40. The maximum Gasteiger partial charge on any atom is 0.436 e. The average Bonchev–Trinajstić information content (AvgIpc) is 3.25. The van der Waals surface area contributed by atoms with Gasteiger partial charge in [-0.05, 0) is 42.4 Å². The normalized spacial score (nSPS) is 15.3. The number of piperidine rings is 1. The minimum atomic E-state index is -4.58. The Hall–Kier alpha value is -2.85. The van der Waals surface area contributed by atoms with Crippen molar-refractivity contribution in [2.24, 2.45) is 5.92 Å². The minimum absolute atomic E-state index is 0.0532. The molecule has 6 nitrogen and oxygen atoms in total. The molecular formula is C25H29F3N4O2S. The fraction of sp³-hybridized carbons (Fsp3) is 0.440. The van der Waals surface area contributed by atoms with Gasteiger partial charge in [0.05, 0.1) is 0 Å². The van der Waals surface area contributed by atoms with Gasteiger partial charge in [-0.25, -0.2) is 9.97 Å². The number of benzene rings is 1. The van der Waals surface area contributed by atoms with Gasteiger partial charge in [0, 0.05) is 31.5 Å². The van der Waals surface area contributed by atoms with Gasteiger partial charge in [0.2, 0.25) is 5.88 Å². The van der Waals surface area contributed by atoms with Crippen LogP contribution in [0.5, 0.6) is 11.6 Å². The third-order valence-electron chi connectivity index (χ3n) is 5.95. The lowest BCUT2D eigenvalue weighted by molar-refractivity contribution is -0.140. The first-order valence-electron chi connectivity index (χ1n) is 11.5. The molecule has 3 aromatic rings. The zero-order valence-electron chi connectivity index (χ0n) is 19.9. The Morgan fingerprint density at radius 1 is 1.11 bits per heavy atom. The predicted octanol–water partition coefficient (Wildman–Crippen LogP) is 6.60. The number of aliphatic hydroxyl groups excluding tert-OH is 1. The molecule has 0 bridgehead atoms. The summed E-state index contributed by atoms with van der Waals surface area (Å²) in [6.45, 7) is 7.17. The highest BCUT2D eigenvalue weighted by Crippen LogP contribution is 2.44. The third-order valence-corrected chi connectivity index (χ3v) is 6.98. The number of rotatable bonds is 6. The van der Waals surface area contributed by atoms with Crippen molar-refractivity contribution in [3.63, 3.8) is 0 Å². The van der Waals surface area contributed by atoms with E-state index in [9.17, 15) is 18.3 Å². The van der Waals surface area contributed by atoms with Gasteiger partial charge >= 0.3 is 6.18 Å². The average molecular weight is 507 g/mol. The fourth-order valence-corrected chi connectivity index (χ4v) is 5.10. The molecule has 0 spiro atoms. The minimum Gasteiger partial charge on any atom is -0.437 e. The highest BCUT2D eigenvalue weighted by molar-refractivity contribution is 7.19. The summed E-state index contributed by atoms with van der Waals surface area (Å²) < 4.78 is 47.6. The number of anilines is 3. The van der Waals surface area contributed by atoms with Crippen LogP contribution in [0.1, 0.15) is 44.9 Å². The topological polar surface area (TPSA) is 70.5 Å². The molecule has 1 fully saturated rings. The van der Waals surface area contributed by atoms with Crippen LogP contribution in [0.4, 0.5) is 29.0 Å². The Bertz CT molecular complexity index is 1150. The molecule has 0 saturated carbocycles. The van der Waals surface area contributed by atoms with Gasteiger partial charge in [-0.3, -0.25) is 0 Å². The van der Waals surface area contributed by atoms with Crippen molar-refractivity contribution >= 4 is 27.2 Å². The number of hydrogen-bond donors (Lipinski definition) is 2. The van der Waals surface area contributed by atoms with Crippen LogP contribution in [-0.4, -0.2) is 34.8 Å². The Morgan fingerprint density at radius 3 is 2.49 bits per heavy atom. The number of alkyl halides is 3. The molecule has 1 saturated heterocycles. The Kier molecular flexibility index (Phi) is 7.23. The van der Waals surface area contributed by atoms with Crippen LogP contribution in [0.25, 0.3) is 0 Å². The lowest BCUT2D eigenvalue weighted by atomic mass is 9.86. The smallest absolute Gasteiger partial charge is 0.436 e. The number of pyridine rings is 1. The van der Waals surface area contributed by atoms with Crippen LogP contribution in [0.2, 0.25) is 0 Å². The van der Waals surface area contributed by atoms with Crippen molar-refractivity contribution in [3.05, 3.63) is 53.9 Å². The molecule has 4 rings (SSSR count). The van der Waals surface area contributed by atoms with Crippen LogP contribution in [0, 0.1) is 5.92 Å². The first-order chi connectivity index (χ1) is 16.6. The number of thiazole rings is 1. The Balaban J connectivity index is 1.62. The molecule has 1 aromatic carbocycles. The van der Waals surface area contributed by atoms with Crippen molar-refractivity contribution < 1.29 is 23.0 Å². The number of ether oxygens (including phenoxy) is 1. The maximum absolute atomic E-state index is 13.8. The first kappa shape index (κ1) is 25.2. The number of nitrogens with zero attached hydrogens (tertiary/aromatic N) is 3. The summed E-state index contributed by atoms with van der Waals surface area (Å²) in [4.78, 5) is 9.93. The van der Waals surface area contributed by atoms with Crippen LogP contribution in [0.15, 0.2) is 42.6 Å². The lowest BCUT2D eigenvalue weighted by Crippen LogP contribution is -2.35. The maximum atomic E-state index is 13.8. The van der Waals surface area contributed by atoms with Crippen LogP contribution in [0.3, 0.4) is 0 Å². The number of halogens is 3. The second-order valence-corrected chi connectivity index (χ2v) is 10.6. The van der Waals surface area contributed by atoms with E-state index >= 15 is 0 Å². The van der Waals surface area contributed by atoms with E-state index in [1.807, 2.05) is 24.3 Å². The summed E-state index contributed by atoms with van der Waals surface area (Å²) in [5, 5.41) is 12.5. The fourth-order valence-electron chi connectivity index (χ4n) is 4.05. The summed E-state index contributed by atoms with van der Waals surface area (Å²) in [5.74, 6) is 1.000. The lowest BCUT2D eigenvalue weighted by Gasteiger charge is -2.32.